The number of nitrogens with zero attached hydrogens (tertiary/aromatic N) is 2. The number of esters is 1. The average Bonchev–Trinajstić information content (AvgIpc) is 2.38. The molecule has 1 aliphatic heterocycles. The molecule has 17 heavy (non-hydrogen) atoms. The molecular formula is C12H17N3O2. The molecule has 1 fully saturated rings. The van der Waals surface area contributed by atoms with Gasteiger partial charge < -0.3 is 15.0 Å². The Bertz CT molecular complexity index is 408. The Balaban J connectivity index is 2.17. The third-order valence-electron chi connectivity index (χ3n) is 2.86. The highest BCUT2D eigenvalue weighted by Gasteiger charge is 2.17. The monoisotopic (exact) mass is 235 g/mol. The Morgan fingerprint density at radius 1 is 1.65 bits per heavy atom. The zero-order valence-corrected chi connectivity index (χ0v) is 10.1. The van der Waals surface area contributed by atoms with E-state index in [-0.39, 0.29) is 5.97 Å². The van der Waals surface area contributed by atoms with Gasteiger partial charge in [-0.3, -0.25) is 0 Å². The molecule has 0 radical (unpaired) electrons. The van der Waals surface area contributed by atoms with Crippen molar-refractivity contribution < 1.29 is 9.53 Å². The van der Waals surface area contributed by atoms with Crippen molar-refractivity contribution in [3.8, 4) is 0 Å². The minimum Gasteiger partial charge on any atom is -0.465 e. The second-order valence-electron chi connectivity index (χ2n) is 4.20. The van der Waals surface area contributed by atoms with E-state index >= 15 is 0 Å². The molecule has 0 aromatic carbocycles. The molecule has 1 atom stereocenters. The zero-order valence-electron chi connectivity index (χ0n) is 10.1. The van der Waals surface area contributed by atoms with Crippen molar-refractivity contribution in [2.24, 2.45) is 0 Å². The van der Waals surface area contributed by atoms with Crippen molar-refractivity contribution in [3.05, 3.63) is 23.9 Å². The number of hydrogen-bond donors (Lipinski definition) is 1. The van der Waals surface area contributed by atoms with Crippen LogP contribution in [-0.2, 0) is 4.74 Å². The van der Waals surface area contributed by atoms with Gasteiger partial charge in [0, 0.05) is 31.9 Å². The predicted molar refractivity (Wildman–Crippen MR) is 65.3 cm³/mol. The quantitative estimate of drug-likeness (QED) is 0.763. The fourth-order valence-corrected chi connectivity index (χ4v) is 1.98. The molecular weight excluding hydrogens is 218 g/mol. The second-order valence-corrected chi connectivity index (χ2v) is 4.20. The number of methoxy groups -OCH3 is 1. The first-order valence-corrected chi connectivity index (χ1v) is 5.73. The molecule has 1 aromatic rings. The Morgan fingerprint density at radius 2 is 2.47 bits per heavy atom. The first-order chi connectivity index (χ1) is 8.20. The number of pyridine rings is 1. The van der Waals surface area contributed by atoms with Gasteiger partial charge in [-0.2, -0.15) is 0 Å². The molecule has 0 aliphatic carbocycles. The van der Waals surface area contributed by atoms with Gasteiger partial charge in [0.05, 0.1) is 12.7 Å². The summed E-state index contributed by atoms with van der Waals surface area (Å²) in [7, 11) is 1.38. The normalized spacial score (nSPS) is 20.1. The third-order valence-corrected chi connectivity index (χ3v) is 2.86. The summed E-state index contributed by atoms with van der Waals surface area (Å²) in [6.45, 7) is 4.88. The van der Waals surface area contributed by atoms with Crippen molar-refractivity contribution in [3.63, 3.8) is 0 Å². The van der Waals surface area contributed by atoms with E-state index in [1.165, 1.54) is 7.11 Å². The van der Waals surface area contributed by atoms with E-state index in [1.54, 1.807) is 18.3 Å². The molecule has 2 rings (SSSR count). The van der Waals surface area contributed by atoms with Gasteiger partial charge in [0.15, 0.2) is 0 Å². The topological polar surface area (TPSA) is 54.5 Å². The number of piperazine rings is 1. The van der Waals surface area contributed by atoms with Gasteiger partial charge in [0.2, 0.25) is 0 Å². The minimum absolute atomic E-state index is 0.322. The molecule has 1 aromatic heterocycles. The van der Waals surface area contributed by atoms with E-state index in [9.17, 15) is 4.79 Å². The first kappa shape index (κ1) is 11.9. The molecule has 2 heterocycles. The van der Waals surface area contributed by atoms with E-state index in [0.29, 0.717) is 11.6 Å². The maximum Gasteiger partial charge on any atom is 0.338 e. The molecule has 1 N–H and O–H groups in total. The van der Waals surface area contributed by atoms with E-state index in [1.807, 2.05) is 0 Å². The molecule has 5 heteroatoms. The van der Waals surface area contributed by atoms with Crippen LogP contribution in [0.5, 0.6) is 0 Å². The lowest BCUT2D eigenvalue weighted by atomic mass is 10.2. The Labute approximate surface area is 101 Å². The van der Waals surface area contributed by atoms with Crippen LogP contribution in [0, 0.1) is 0 Å². The first-order valence-electron chi connectivity index (χ1n) is 5.73. The molecule has 5 nitrogen and oxygen atoms in total. The fourth-order valence-electron chi connectivity index (χ4n) is 1.98. The van der Waals surface area contributed by atoms with E-state index < -0.39 is 0 Å². The van der Waals surface area contributed by atoms with Crippen LogP contribution >= 0.6 is 0 Å². The molecule has 0 saturated carbocycles. The maximum atomic E-state index is 11.4. The van der Waals surface area contributed by atoms with Gasteiger partial charge in [-0.05, 0) is 19.1 Å². The number of carbonyl (C=O) groups excluding carboxylic acids is 1. The number of hydrogen-bond acceptors (Lipinski definition) is 5. The molecule has 0 bridgehead atoms. The van der Waals surface area contributed by atoms with Crippen LogP contribution in [-0.4, -0.2) is 43.7 Å². The highest BCUT2D eigenvalue weighted by atomic mass is 16.5. The minimum atomic E-state index is -0.322. The van der Waals surface area contributed by atoms with E-state index in [2.05, 4.69) is 22.1 Å². The lowest BCUT2D eigenvalue weighted by Gasteiger charge is -2.32. The number of anilines is 1. The molecule has 0 spiro atoms. The molecule has 0 unspecified atom stereocenters. The van der Waals surface area contributed by atoms with Crippen molar-refractivity contribution in [2.45, 2.75) is 13.0 Å². The maximum absolute atomic E-state index is 11.4. The predicted octanol–water partition coefficient (Wildman–Crippen LogP) is 0.666. The summed E-state index contributed by atoms with van der Waals surface area (Å²) in [6.07, 6.45) is 1.65. The summed E-state index contributed by atoms with van der Waals surface area (Å²) in [6, 6.07) is 3.89. The summed E-state index contributed by atoms with van der Waals surface area (Å²) < 4.78 is 4.70. The van der Waals surface area contributed by atoms with Crippen LogP contribution in [0.3, 0.4) is 0 Å². The van der Waals surface area contributed by atoms with Gasteiger partial charge in [-0.15, -0.1) is 0 Å². The third kappa shape index (κ3) is 2.74. The standard InChI is InChI=1S/C12H17N3O2/c1-9-8-15(6-5-13-9)11-7-10(3-4-14-11)12(16)17-2/h3-4,7,9,13H,5-6,8H2,1-2H3/t9-/m1/s1. The van der Waals surface area contributed by atoms with Crippen LogP contribution < -0.4 is 10.2 Å². The lowest BCUT2D eigenvalue weighted by Crippen LogP contribution is -2.49. The molecule has 1 aliphatic rings. The van der Waals surface area contributed by atoms with Crippen molar-refractivity contribution in [1.29, 1.82) is 0 Å². The highest BCUT2D eigenvalue weighted by Crippen LogP contribution is 2.15. The Morgan fingerprint density at radius 3 is 3.18 bits per heavy atom. The Hall–Kier alpha value is -1.62. The highest BCUT2D eigenvalue weighted by molar-refractivity contribution is 5.90. The number of nitrogens with one attached hydrogen (secondary N) is 1. The number of rotatable bonds is 2. The number of carbonyl (C=O) groups is 1. The lowest BCUT2D eigenvalue weighted by molar-refractivity contribution is 0.0600. The van der Waals surface area contributed by atoms with Gasteiger partial charge in [0.1, 0.15) is 5.82 Å². The Kier molecular flexibility index (Phi) is 3.58. The largest absolute Gasteiger partial charge is 0.465 e. The number of aromatic nitrogens is 1. The smallest absolute Gasteiger partial charge is 0.338 e. The van der Waals surface area contributed by atoms with Crippen LogP contribution in [0.15, 0.2) is 18.3 Å². The molecule has 1 saturated heterocycles. The van der Waals surface area contributed by atoms with Gasteiger partial charge >= 0.3 is 5.97 Å². The summed E-state index contributed by atoms with van der Waals surface area (Å²) in [5.41, 5.74) is 0.545. The van der Waals surface area contributed by atoms with Crippen LogP contribution in [0.1, 0.15) is 17.3 Å². The molecule has 92 valence electrons. The summed E-state index contributed by atoms with van der Waals surface area (Å²) >= 11 is 0. The van der Waals surface area contributed by atoms with Crippen LogP contribution in [0.25, 0.3) is 0 Å². The molecule has 0 amide bonds. The van der Waals surface area contributed by atoms with E-state index in [4.69, 9.17) is 4.74 Å². The van der Waals surface area contributed by atoms with Crippen LogP contribution in [0.4, 0.5) is 5.82 Å². The van der Waals surface area contributed by atoms with Crippen molar-refractivity contribution in [2.75, 3.05) is 31.6 Å². The fraction of sp³-hybridized carbons (Fsp3) is 0.500. The van der Waals surface area contributed by atoms with Gasteiger partial charge in [0.25, 0.3) is 0 Å². The van der Waals surface area contributed by atoms with Crippen molar-refractivity contribution in [1.82, 2.24) is 10.3 Å². The van der Waals surface area contributed by atoms with Gasteiger partial charge in [-0.25, -0.2) is 9.78 Å². The van der Waals surface area contributed by atoms with Gasteiger partial charge in [-0.1, -0.05) is 0 Å². The average molecular weight is 235 g/mol. The summed E-state index contributed by atoms with van der Waals surface area (Å²) in [4.78, 5) is 17.9. The summed E-state index contributed by atoms with van der Waals surface area (Å²) in [5.74, 6) is 0.512. The summed E-state index contributed by atoms with van der Waals surface area (Å²) in [5, 5.41) is 3.37. The zero-order chi connectivity index (χ0) is 12.3. The van der Waals surface area contributed by atoms with E-state index in [0.717, 1.165) is 25.5 Å². The van der Waals surface area contributed by atoms with Crippen molar-refractivity contribution >= 4 is 11.8 Å². The SMILES string of the molecule is COC(=O)c1ccnc(N2CCN[C@H](C)C2)c1. The number of ether oxygens (including phenoxy) is 1. The van der Waals surface area contributed by atoms with Crippen LogP contribution in [0.2, 0.25) is 0 Å². The second kappa shape index (κ2) is 5.14.